The zero-order valence-corrected chi connectivity index (χ0v) is 13.8. The third-order valence-corrected chi connectivity index (χ3v) is 6.32. The lowest BCUT2D eigenvalue weighted by Gasteiger charge is -2.37. The number of rotatable bonds is 8. The van der Waals surface area contributed by atoms with Crippen LogP contribution in [0.2, 0.25) is 0 Å². The molecule has 0 bridgehead atoms. The Morgan fingerprint density at radius 2 is 1.86 bits per heavy atom. The van der Waals surface area contributed by atoms with Crippen LogP contribution in [0.5, 0.6) is 0 Å². The van der Waals surface area contributed by atoms with E-state index in [0.717, 1.165) is 6.04 Å². The summed E-state index contributed by atoms with van der Waals surface area (Å²) in [5, 5.41) is 13.8. The second kappa shape index (κ2) is 6.97. The number of aliphatic hydroxyl groups excluding tert-OH is 1. The van der Waals surface area contributed by atoms with Crippen LogP contribution < -0.4 is 5.32 Å². The topological polar surface area (TPSA) is 35.5 Å². The lowest BCUT2D eigenvalue weighted by Crippen LogP contribution is -2.53. The molecule has 0 radical (unpaired) electrons. The second-order valence-electron chi connectivity index (χ2n) is 7.68. The van der Waals surface area contributed by atoms with E-state index >= 15 is 0 Å². The third kappa shape index (κ3) is 3.62. The summed E-state index contributed by atoms with van der Waals surface area (Å²) in [7, 11) is 0. The lowest BCUT2D eigenvalue weighted by atomic mass is 9.84. The van der Waals surface area contributed by atoms with Gasteiger partial charge in [0.15, 0.2) is 0 Å². The second-order valence-corrected chi connectivity index (χ2v) is 7.68. The molecule has 3 heteroatoms. The Kier molecular flexibility index (Phi) is 5.23. The average Bonchev–Trinajstić information content (AvgIpc) is 3.00. The molecule has 0 aromatic heterocycles. The van der Waals surface area contributed by atoms with Crippen LogP contribution in [0.3, 0.4) is 0 Å². The minimum atomic E-state index is 0.0518. The molecule has 2 atom stereocenters. The molecule has 2 unspecified atom stereocenters. The summed E-state index contributed by atoms with van der Waals surface area (Å²) in [5.41, 5.74) is 0.0518. The van der Waals surface area contributed by atoms with Crippen molar-refractivity contribution in [2.75, 3.05) is 19.7 Å². The van der Waals surface area contributed by atoms with Gasteiger partial charge >= 0.3 is 0 Å². The average molecular weight is 294 g/mol. The largest absolute Gasteiger partial charge is 0.394 e. The Bertz CT molecular complexity index is 325. The summed E-state index contributed by atoms with van der Waals surface area (Å²) in [6.07, 6.45) is 13.3. The van der Waals surface area contributed by atoms with Gasteiger partial charge in [0.25, 0.3) is 0 Å². The van der Waals surface area contributed by atoms with E-state index in [0.29, 0.717) is 18.6 Å². The molecule has 0 saturated heterocycles. The molecular formula is C18H34N2O. The normalized spacial score (nSPS) is 34.1. The SMILES string of the molecule is CCN(CCC1CCCC1(CO)NC1CC1)C1CCCC1. The van der Waals surface area contributed by atoms with Gasteiger partial charge in [-0.2, -0.15) is 0 Å². The molecule has 0 amide bonds. The number of hydrogen-bond donors (Lipinski definition) is 2. The number of nitrogens with zero attached hydrogens (tertiary/aromatic N) is 1. The van der Waals surface area contributed by atoms with E-state index < -0.39 is 0 Å². The first-order valence-electron chi connectivity index (χ1n) is 9.40. The fourth-order valence-corrected chi connectivity index (χ4v) is 4.83. The smallest absolute Gasteiger partial charge is 0.0616 e. The first-order valence-corrected chi connectivity index (χ1v) is 9.40. The fourth-order valence-electron chi connectivity index (χ4n) is 4.83. The molecule has 3 nitrogen and oxygen atoms in total. The van der Waals surface area contributed by atoms with Gasteiger partial charge in [-0.25, -0.2) is 0 Å². The molecule has 0 aliphatic heterocycles. The number of hydrogen-bond acceptors (Lipinski definition) is 3. The van der Waals surface area contributed by atoms with E-state index in [9.17, 15) is 5.11 Å². The standard InChI is InChI=1S/C18H34N2O/c1-2-20(17-7-3-4-8-17)13-11-15-6-5-12-18(15,14-21)19-16-9-10-16/h15-17,19,21H,2-14H2,1H3. The summed E-state index contributed by atoms with van der Waals surface area (Å²) < 4.78 is 0. The predicted molar refractivity (Wildman–Crippen MR) is 87.4 cm³/mol. The van der Waals surface area contributed by atoms with E-state index in [2.05, 4.69) is 17.1 Å². The van der Waals surface area contributed by atoms with E-state index in [1.807, 2.05) is 0 Å². The quantitative estimate of drug-likeness (QED) is 0.722. The summed E-state index contributed by atoms with van der Waals surface area (Å²) in [6.45, 7) is 5.08. The van der Waals surface area contributed by atoms with Crippen LogP contribution in [-0.2, 0) is 0 Å². The highest BCUT2D eigenvalue weighted by Crippen LogP contribution is 2.40. The van der Waals surface area contributed by atoms with Crippen molar-refractivity contribution < 1.29 is 5.11 Å². The zero-order chi connectivity index (χ0) is 14.7. The highest BCUT2D eigenvalue weighted by atomic mass is 16.3. The van der Waals surface area contributed by atoms with Gasteiger partial charge < -0.3 is 15.3 Å². The molecule has 21 heavy (non-hydrogen) atoms. The molecule has 122 valence electrons. The van der Waals surface area contributed by atoms with Crippen molar-refractivity contribution in [1.82, 2.24) is 10.2 Å². The van der Waals surface area contributed by atoms with Crippen molar-refractivity contribution in [2.45, 2.75) is 88.8 Å². The maximum absolute atomic E-state index is 10.0. The van der Waals surface area contributed by atoms with E-state index in [1.54, 1.807) is 0 Å². The minimum Gasteiger partial charge on any atom is -0.394 e. The maximum atomic E-state index is 10.0. The molecule has 2 N–H and O–H groups in total. The van der Waals surface area contributed by atoms with Gasteiger partial charge in [0.05, 0.1) is 6.61 Å². The van der Waals surface area contributed by atoms with Crippen molar-refractivity contribution in [3.8, 4) is 0 Å². The Labute approximate surface area is 130 Å². The summed E-state index contributed by atoms with van der Waals surface area (Å²) in [4.78, 5) is 2.71. The molecule has 0 heterocycles. The van der Waals surface area contributed by atoms with Crippen molar-refractivity contribution in [3.63, 3.8) is 0 Å². The molecular weight excluding hydrogens is 260 g/mol. The van der Waals surface area contributed by atoms with Crippen molar-refractivity contribution >= 4 is 0 Å². The molecule has 3 saturated carbocycles. The Balaban J connectivity index is 1.54. The summed E-state index contributed by atoms with van der Waals surface area (Å²) in [6, 6.07) is 1.55. The van der Waals surface area contributed by atoms with Crippen LogP contribution in [0.1, 0.15) is 71.1 Å². The fraction of sp³-hybridized carbons (Fsp3) is 1.00. The summed E-state index contributed by atoms with van der Waals surface area (Å²) >= 11 is 0. The van der Waals surface area contributed by atoms with Gasteiger partial charge in [0.2, 0.25) is 0 Å². The Morgan fingerprint density at radius 3 is 2.48 bits per heavy atom. The highest BCUT2D eigenvalue weighted by molar-refractivity contribution is 5.03. The predicted octanol–water partition coefficient (Wildman–Crippen LogP) is 2.92. The van der Waals surface area contributed by atoms with Gasteiger partial charge in [-0.1, -0.05) is 26.2 Å². The molecule has 0 aromatic carbocycles. The Morgan fingerprint density at radius 1 is 1.10 bits per heavy atom. The highest BCUT2D eigenvalue weighted by Gasteiger charge is 2.45. The molecule has 3 aliphatic carbocycles. The van der Waals surface area contributed by atoms with Crippen LogP contribution in [0.4, 0.5) is 0 Å². The van der Waals surface area contributed by atoms with Crippen molar-refractivity contribution in [2.24, 2.45) is 5.92 Å². The van der Waals surface area contributed by atoms with Crippen LogP contribution in [0.25, 0.3) is 0 Å². The first-order chi connectivity index (χ1) is 10.3. The van der Waals surface area contributed by atoms with Crippen LogP contribution in [-0.4, -0.2) is 47.3 Å². The molecule has 3 fully saturated rings. The van der Waals surface area contributed by atoms with Gasteiger partial charge in [-0.05, 0) is 64.0 Å². The minimum absolute atomic E-state index is 0.0518. The van der Waals surface area contributed by atoms with Crippen LogP contribution in [0, 0.1) is 5.92 Å². The van der Waals surface area contributed by atoms with Crippen molar-refractivity contribution in [3.05, 3.63) is 0 Å². The van der Waals surface area contributed by atoms with Crippen LogP contribution >= 0.6 is 0 Å². The lowest BCUT2D eigenvalue weighted by molar-refractivity contribution is 0.104. The van der Waals surface area contributed by atoms with Gasteiger partial charge in [-0.15, -0.1) is 0 Å². The molecule has 0 aromatic rings. The van der Waals surface area contributed by atoms with Gasteiger partial charge in [0, 0.05) is 17.6 Å². The van der Waals surface area contributed by atoms with E-state index in [1.165, 1.54) is 77.3 Å². The zero-order valence-electron chi connectivity index (χ0n) is 13.8. The molecule has 3 rings (SSSR count). The number of aliphatic hydroxyl groups is 1. The third-order valence-electron chi connectivity index (χ3n) is 6.32. The summed E-state index contributed by atoms with van der Waals surface area (Å²) in [5.74, 6) is 0.679. The monoisotopic (exact) mass is 294 g/mol. The number of nitrogens with one attached hydrogen (secondary N) is 1. The van der Waals surface area contributed by atoms with Crippen LogP contribution in [0.15, 0.2) is 0 Å². The van der Waals surface area contributed by atoms with Gasteiger partial charge in [0.1, 0.15) is 0 Å². The Hall–Kier alpha value is -0.120. The molecule has 0 spiro atoms. The van der Waals surface area contributed by atoms with Crippen molar-refractivity contribution in [1.29, 1.82) is 0 Å². The van der Waals surface area contributed by atoms with Gasteiger partial charge in [-0.3, -0.25) is 0 Å². The van der Waals surface area contributed by atoms with E-state index in [4.69, 9.17) is 0 Å². The van der Waals surface area contributed by atoms with E-state index in [-0.39, 0.29) is 5.54 Å². The first kappa shape index (κ1) is 15.8. The maximum Gasteiger partial charge on any atom is 0.0616 e. The molecule has 3 aliphatic rings.